The van der Waals surface area contributed by atoms with Crippen molar-refractivity contribution in [2.24, 2.45) is 0 Å². The maximum atomic E-state index is 12.1. The summed E-state index contributed by atoms with van der Waals surface area (Å²) in [5, 5.41) is 5.35. The van der Waals surface area contributed by atoms with Crippen molar-refractivity contribution in [3.8, 4) is 0 Å². The number of carbonyl (C=O) groups is 1. The minimum Gasteiger partial charge on any atom is -0.291 e. The van der Waals surface area contributed by atoms with Gasteiger partial charge in [0.2, 0.25) is 5.95 Å². The number of H-pyrrole nitrogens is 1. The molecule has 1 amide bonds. The van der Waals surface area contributed by atoms with Crippen LogP contribution in [0.15, 0.2) is 41.2 Å². The van der Waals surface area contributed by atoms with Crippen LogP contribution in [0.2, 0.25) is 0 Å². The summed E-state index contributed by atoms with van der Waals surface area (Å²) < 4.78 is 1.21. The number of amides is 1. The van der Waals surface area contributed by atoms with E-state index in [9.17, 15) is 9.59 Å². The van der Waals surface area contributed by atoms with Crippen LogP contribution < -0.4 is 10.9 Å². The number of fused-ring (bicyclic) bond motifs is 1. The topological polar surface area (TPSA) is 92.2 Å². The van der Waals surface area contributed by atoms with Crippen LogP contribution in [-0.4, -0.2) is 25.5 Å². The molecule has 2 heterocycles. The van der Waals surface area contributed by atoms with E-state index in [1.165, 1.54) is 10.6 Å². The van der Waals surface area contributed by atoms with Gasteiger partial charge in [-0.3, -0.25) is 20.0 Å². The molecule has 0 aliphatic rings. The second-order valence-corrected chi connectivity index (χ2v) is 4.86. The summed E-state index contributed by atoms with van der Waals surface area (Å²) in [5.74, 6) is 0.132. The molecule has 0 radical (unpaired) electrons. The second-order valence-electron chi connectivity index (χ2n) is 4.86. The first-order valence-electron chi connectivity index (χ1n) is 7.02. The van der Waals surface area contributed by atoms with Crippen LogP contribution in [0.25, 0.3) is 5.78 Å². The molecule has 2 N–H and O–H groups in total. The molecule has 3 aromatic rings. The minimum atomic E-state index is -0.304. The molecule has 0 aliphatic carbocycles. The fourth-order valence-electron chi connectivity index (χ4n) is 2.14. The maximum Gasteiger partial charge on any atom is 0.274 e. The molecule has 3 rings (SSSR count). The fourth-order valence-corrected chi connectivity index (χ4v) is 2.14. The lowest BCUT2D eigenvalue weighted by molar-refractivity contribution is 0.102. The number of hydrogen-bond donors (Lipinski definition) is 2. The first kappa shape index (κ1) is 14.0. The number of aromatic amines is 1. The Hall–Kier alpha value is -2.96. The number of hydrogen-bond acceptors (Lipinski definition) is 4. The molecule has 0 spiro atoms. The van der Waals surface area contributed by atoms with Crippen LogP contribution in [0, 0.1) is 0 Å². The molecular formula is C15H15N5O2. The Morgan fingerprint density at radius 3 is 2.77 bits per heavy atom. The smallest absolute Gasteiger partial charge is 0.274 e. The van der Waals surface area contributed by atoms with Crippen molar-refractivity contribution in [2.75, 3.05) is 5.32 Å². The Kier molecular flexibility index (Phi) is 3.69. The van der Waals surface area contributed by atoms with Gasteiger partial charge < -0.3 is 0 Å². The van der Waals surface area contributed by atoms with E-state index in [-0.39, 0.29) is 23.2 Å². The molecule has 0 aliphatic heterocycles. The van der Waals surface area contributed by atoms with Crippen LogP contribution in [-0.2, 0) is 6.42 Å². The van der Waals surface area contributed by atoms with Crippen LogP contribution in [0.4, 0.5) is 5.95 Å². The number of carbonyl (C=O) groups excluding carboxylic acids is 1. The van der Waals surface area contributed by atoms with Crippen molar-refractivity contribution < 1.29 is 4.79 Å². The van der Waals surface area contributed by atoms with E-state index in [2.05, 4.69) is 20.4 Å². The monoisotopic (exact) mass is 297 g/mol. The minimum absolute atomic E-state index is 0.187. The zero-order chi connectivity index (χ0) is 15.5. The van der Waals surface area contributed by atoms with E-state index < -0.39 is 0 Å². The van der Waals surface area contributed by atoms with E-state index >= 15 is 0 Å². The van der Waals surface area contributed by atoms with Crippen molar-refractivity contribution in [1.82, 2.24) is 19.6 Å². The number of benzene rings is 1. The number of aromatic nitrogens is 4. The number of aryl methyl sites for hydroxylation is 1. The summed E-state index contributed by atoms with van der Waals surface area (Å²) in [4.78, 5) is 32.5. The Morgan fingerprint density at radius 2 is 2.05 bits per heavy atom. The van der Waals surface area contributed by atoms with Crippen molar-refractivity contribution >= 4 is 17.6 Å². The van der Waals surface area contributed by atoms with Gasteiger partial charge in [0.25, 0.3) is 17.2 Å². The van der Waals surface area contributed by atoms with Gasteiger partial charge in [-0.15, -0.1) is 0 Å². The molecule has 7 heteroatoms. The normalized spacial score (nSPS) is 10.8. The molecule has 0 bridgehead atoms. The molecule has 7 nitrogen and oxygen atoms in total. The zero-order valence-electron chi connectivity index (χ0n) is 12.0. The highest BCUT2D eigenvalue weighted by Crippen LogP contribution is 2.06. The number of anilines is 1. The van der Waals surface area contributed by atoms with Gasteiger partial charge in [-0.2, -0.15) is 9.50 Å². The Labute approximate surface area is 126 Å². The highest BCUT2D eigenvalue weighted by atomic mass is 16.2. The Bertz CT molecular complexity index is 867. The van der Waals surface area contributed by atoms with Crippen LogP contribution in [0.3, 0.4) is 0 Å². The van der Waals surface area contributed by atoms with Gasteiger partial charge in [0.05, 0.1) is 5.69 Å². The van der Waals surface area contributed by atoms with Crippen LogP contribution in [0.1, 0.15) is 29.4 Å². The van der Waals surface area contributed by atoms with E-state index in [0.29, 0.717) is 17.7 Å². The lowest BCUT2D eigenvalue weighted by atomic mass is 10.2. The van der Waals surface area contributed by atoms with Gasteiger partial charge in [0, 0.05) is 11.6 Å². The molecule has 0 saturated heterocycles. The van der Waals surface area contributed by atoms with E-state index in [4.69, 9.17) is 0 Å². The average molecular weight is 297 g/mol. The molecule has 0 atom stereocenters. The summed E-state index contributed by atoms with van der Waals surface area (Å²) in [6, 6.07) is 10.2. The van der Waals surface area contributed by atoms with Gasteiger partial charge in [-0.05, 0) is 18.6 Å². The lowest BCUT2D eigenvalue weighted by Crippen LogP contribution is -2.16. The quantitative estimate of drug-likeness (QED) is 0.765. The summed E-state index contributed by atoms with van der Waals surface area (Å²) in [7, 11) is 0. The zero-order valence-corrected chi connectivity index (χ0v) is 12.0. The summed E-state index contributed by atoms with van der Waals surface area (Å²) in [6.45, 7) is 2.01. The fraction of sp³-hybridized carbons (Fsp3) is 0.200. The predicted octanol–water partition coefficient (Wildman–Crippen LogP) is 1.62. The third kappa shape index (κ3) is 2.73. The molecule has 2 aromatic heterocycles. The van der Waals surface area contributed by atoms with Crippen molar-refractivity contribution in [2.45, 2.75) is 19.8 Å². The standard InChI is InChI=1S/C15H15N5O2/c1-2-6-11-9-12(21)20-15(16-11)18-14(19-20)17-13(22)10-7-4-3-5-8-10/h3-5,7-9H,2,6H2,1H3,(H2,16,17,18,19,22). The number of rotatable bonds is 4. The van der Waals surface area contributed by atoms with Crippen molar-refractivity contribution in [3.63, 3.8) is 0 Å². The Morgan fingerprint density at radius 1 is 1.27 bits per heavy atom. The highest BCUT2D eigenvalue weighted by Gasteiger charge is 2.11. The van der Waals surface area contributed by atoms with Gasteiger partial charge >= 0.3 is 0 Å². The molecule has 0 fully saturated rings. The summed E-state index contributed by atoms with van der Waals surface area (Å²) in [5.41, 5.74) is 0.955. The van der Waals surface area contributed by atoms with Crippen molar-refractivity contribution in [3.05, 3.63) is 58.0 Å². The SMILES string of the molecule is CCCc1cc(=O)n2[nH]c(NC(=O)c3ccccc3)nc2n1. The maximum absolute atomic E-state index is 12.1. The largest absolute Gasteiger partial charge is 0.291 e. The molecule has 112 valence electrons. The average Bonchev–Trinajstić information content (AvgIpc) is 2.91. The first-order valence-corrected chi connectivity index (χ1v) is 7.02. The van der Waals surface area contributed by atoms with Gasteiger partial charge in [-0.1, -0.05) is 31.5 Å². The number of nitrogens with zero attached hydrogens (tertiary/aromatic N) is 3. The molecule has 1 aromatic carbocycles. The Balaban J connectivity index is 1.91. The van der Waals surface area contributed by atoms with Crippen molar-refractivity contribution in [1.29, 1.82) is 0 Å². The lowest BCUT2D eigenvalue weighted by Gasteiger charge is -2.00. The van der Waals surface area contributed by atoms with E-state index in [1.54, 1.807) is 24.3 Å². The third-order valence-corrected chi connectivity index (χ3v) is 3.16. The van der Waals surface area contributed by atoms with Crippen LogP contribution in [0.5, 0.6) is 0 Å². The summed E-state index contributed by atoms with van der Waals surface area (Å²) in [6.07, 6.45) is 1.61. The predicted molar refractivity (Wildman–Crippen MR) is 82.0 cm³/mol. The van der Waals surface area contributed by atoms with E-state index in [0.717, 1.165) is 6.42 Å². The third-order valence-electron chi connectivity index (χ3n) is 3.16. The molecular weight excluding hydrogens is 282 g/mol. The van der Waals surface area contributed by atoms with Gasteiger partial charge in [0.15, 0.2) is 0 Å². The summed E-state index contributed by atoms with van der Waals surface area (Å²) >= 11 is 0. The first-order chi connectivity index (χ1) is 10.7. The second kappa shape index (κ2) is 5.80. The molecule has 22 heavy (non-hydrogen) atoms. The van der Waals surface area contributed by atoms with Gasteiger partial charge in [-0.25, -0.2) is 4.98 Å². The van der Waals surface area contributed by atoms with E-state index in [1.807, 2.05) is 13.0 Å². The molecule has 0 unspecified atom stereocenters. The van der Waals surface area contributed by atoms with Crippen LogP contribution >= 0.6 is 0 Å². The molecule has 0 saturated carbocycles. The number of nitrogens with one attached hydrogen (secondary N) is 2. The highest BCUT2D eigenvalue weighted by molar-refractivity contribution is 6.03. The van der Waals surface area contributed by atoms with Gasteiger partial charge in [0.1, 0.15) is 0 Å².